The molecule has 1 fully saturated rings. The summed E-state index contributed by atoms with van der Waals surface area (Å²) in [7, 11) is -3.57. The average molecular weight is 342 g/mol. The molecule has 2 rings (SSSR count). The molecule has 1 aromatic carbocycles. The van der Waals surface area contributed by atoms with Gasteiger partial charge >= 0.3 is 0 Å². The molecule has 1 heterocycles. The number of aliphatic hydroxyl groups is 1. The highest BCUT2D eigenvalue weighted by atomic mass is 32.2. The highest BCUT2D eigenvalue weighted by molar-refractivity contribution is 7.89. The fourth-order valence-electron chi connectivity index (χ4n) is 2.78. The first-order valence-electron chi connectivity index (χ1n) is 7.49. The van der Waals surface area contributed by atoms with Crippen LogP contribution >= 0.6 is 0 Å². The first-order valence-corrected chi connectivity index (χ1v) is 9.21. The number of ether oxygens (including phenoxy) is 1. The van der Waals surface area contributed by atoms with Crippen LogP contribution in [0, 0.1) is 0 Å². The first-order chi connectivity index (χ1) is 10.9. The molecule has 1 aliphatic heterocycles. The average Bonchev–Trinajstić information content (AvgIpc) is 2.53. The fourth-order valence-corrected chi connectivity index (χ4v) is 3.33. The maximum Gasteiger partial charge on any atom is 0.223 e. The van der Waals surface area contributed by atoms with E-state index in [1.54, 1.807) is 4.90 Å². The number of sulfonamides is 1. The molecule has 0 saturated carbocycles. The van der Waals surface area contributed by atoms with Gasteiger partial charge in [0.05, 0.1) is 25.0 Å². The predicted octanol–water partition coefficient (Wildman–Crippen LogP) is 0.0161. The van der Waals surface area contributed by atoms with Gasteiger partial charge in [0.15, 0.2) is 0 Å². The Bertz CT molecular complexity index is 620. The molecule has 0 bridgehead atoms. The predicted molar refractivity (Wildman–Crippen MR) is 84.9 cm³/mol. The number of benzene rings is 1. The molecule has 2 atom stereocenters. The Labute approximate surface area is 136 Å². The summed E-state index contributed by atoms with van der Waals surface area (Å²) in [5, 5.41) is 14.5. The topological polar surface area (TPSA) is 110 Å². The molecule has 0 radical (unpaired) electrons. The van der Waals surface area contributed by atoms with E-state index in [1.165, 1.54) is 0 Å². The van der Waals surface area contributed by atoms with Gasteiger partial charge in [0, 0.05) is 13.0 Å². The molecule has 0 unspecified atom stereocenters. The van der Waals surface area contributed by atoms with Crippen LogP contribution in [0.5, 0.6) is 0 Å². The Morgan fingerprint density at radius 2 is 2.04 bits per heavy atom. The second kappa shape index (κ2) is 7.87. The molecule has 7 nitrogen and oxygen atoms in total. The quantitative estimate of drug-likeness (QED) is 0.757. The Kier molecular flexibility index (Phi) is 6.11. The van der Waals surface area contributed by atoms with Crippen molar-refractivity contribution in [1.29, 1.82) is 0 Å². The number of hydrogen-bond acceptors (Lipinski definition) is 5. The van der Waals surface area contributed by atoms with Crippen molar-refractivity contribution in [2.24, 2.45) is 5.14 Å². The highest BCUT2D eigenvalue weighted by Gasteiger charge is 2.35. The molecule has 1 saturated heterocycles. The lowest BCUT2D eigenvalue weighted by molar-refractivity contribution is -0.150. The minimum Gasteiger partial charge on any atom is -0.394 e. The van der Waals surface area contributed by atoms with Crippen molar-refractivity contribution in [2.45, 2.75) is 25.0 Å². The van der Waals surface area contributed by atoms with E-state index in [0.717, 1.165) is 5.56 Å². The van der Waals surface area contributed by atoms with E-state index < -0.39 is 16.1 Å². The van der Waals surface area contributed by atoms with Crippen LogP contribution in [0.4, 0.5) is 0 Å². The van der Waals surface area contributed by atoms with E-state index in [1.807, 2.05) is 30.3 Å². The van der Waals surface area contributed by atoms with Crippen molar-refractivity contribution >= 4 is 15.9 Å². The molecule has 23 heavy (non-hydrogen) atoms. The number of primary sulfonamides is 1. The third-order valence-corrected chi connectivity index (χ3v) is 4.67. The maximum absolute atomic E-state index is 12.5. The Hall–Kier alpha value is -1.48. The fraction of sp³-hybridized carbons (Fsp3) is 0.533. The lowest BCUT2D eigenvalue weighted by Gasteiger charge is -2.41. The summed E-state index contributed by atoms with van der Waals surface area (Å²) in [4.78, 5) is 14.1. The molecule has 3 N–H and O–H groups in total. The Balaban J connectivity index is 2.12. The van der Waals surface area contributed by atoms with E-state index >= 15 is 0 Å². The van der Waals surface area contributed by atoms with Gasteiger partial charge in [-0.05, 0) is 12.0 Å². The van der Waals surface area contributed by atoms with E-state index in [4.69, 9.17) is 9.88 Å². The molecular weight excluding hydrogens is 320 g/mol. The molecule has 0 aliphatic carbocycles. The normalized spacial score (nSPS) is 22.1. The van der Waals surface area contributed by atoms with Gasteiger partial charge in [-0.2, -0.15) is 0 Å². The van der Waals surface area contributed by atoms with Gasteiger partial charge in [0.25, 0.3) is 0 Å². The molecule has 8 heteroatoms. The molecule has 1 amide bonds. The van der Waals surface area contributed by atoms with Gasteiger partial charge < -0.3 is 14.7 Å². The monoisotopic (exact) mass is 342 g/mol. The number of nitrogens with zero attached hydrogens (tertiary/aromatic N) is 1. The smallest absolute Gasteiger partial charge is 0.223 e. The SMILES string of the molecule is NS(=O)(=O)CCCC(=O)N1CCO[C@@H](CO)[C@@H]1c1ccccc1. The van der Waals surface area contributed by atoms with Crippen molar-refractivity contribution in [3.05, 3.63) is 35.9 Å². The van der Waals surface area contributed by atoms with Gasteiger partial charge in [-0.3, -0.25) is 4.79 Å². The standard InChI is InChI=1S/C15H22N2O5S/c16-23(20,21)10-4-7-14(19)17-8-9-22-13(11-18)15(17)12-5-2-1-3-6-12/h1-3,5-6,13,15,18H,4,7-11H2,(H2,16,20,21)/t13-,15-/m0/s1. The number of hydrogen-bond donors (Lipinski definition) is 2. The third kappa shape index (κ3) is 5.00. The highest BCUT2D eigenvalue weighted by Crippen LogP contribution is 2.30. The van der Waals surface area contributed by atoms with Crippen LogP contribution in [0.15, 0.2) is 30.3 Å². The molecule has 1 aromatic rings. The van der Waals surface area contributed by atoms with Crippen LogP contribution in [-0.2, 0) is 19.6 Å². The third-order valence-electron chi connectivity index (χ3n) is 3.81. The number of carbonyl (C=O) groups is 1. The second-order valence-electron chi connectivity index (χ2n) is 5.51. The van der Waals surface area contributed by atoms with Crippen LogP contribution in [-0.4, -0.2) is 55.9 Å². The van der Waals surface area contributed by atoms with Crippen LogP contribution in [0.1, 0.15) is 24.4 Å². The van der Waals surface area contributed by atoms with E-state index in [0.29, 0.717) is 13.2 Å². The van der Waals surface area contributed by atoms with Gasteiger partial charge in [0.2, 0.25) is 15.9 Å². The number of aliphatic hydroxyl groups excluding tert-OH is 1. The summed E-state index contributed by atoms with van der Waals surface area (Å²) in [6, 6.07) is 8.99. The Morgan fingerprint density at radius 3 is 2.65 bits per heavy atom. The summed E-state index contributed by atoms with van der Waals surface area (Å²) in [5.74, 6) is -0.382. The van der Waals surface area contributed by atoms with Crippen molar-refractivity contribution in [3.63, 3.8) is 0 Å². The van der Waals surface area contributed by atoms with Crippen molar-refractivity contribution in [2.75, 3.05) is 25.5 Å². The van der Waals surface area contributed by atoms with Gasteiger partial charge in [-0.15, -0.1) is 0 Å². The zero-order chi connectivity index (χ0) is 16.9. The number of amides is 1. The molecule has 0 aromatic heterocycles. The maximum atomic E-state index is 12.5. The van der Waals surface area contributed by atoms with E-state index in [2.05, 4.69) is 0 Å². The number of morpholine rings is 1. The van der Waals surface area contributed by atoms with Crippen LogP contribution in [0.25, 0.3) is 0 Å². The van der Waals surface area contributed by atoms with E-state index in [-0.39, 0.29) is 37.2 Å². The lowest BCUT2D eigenvalue weighted by atomic mass is 9.98. The van der Waals surface area contributed by atoms with Gasteiger partial charge in [-0.1, -0.05) is 30.3 Å². The summed E-state index contributed by atoms with van der Waals surface area (Å²) >= 11 is 0. The van der Waals surface area contributed by atoms with Crippen LogP contribution < -0.4 is 5.14 Å². The largest absolute Gasteiger partial charge is 0.394 e. The first kappa shape index (κ1) is 17.9. The molecule has 1 aliphatic rings. The second-order valence-corrected chi connectivity index (χ2v) is 7.24. The lowest BCUT2D eigenvalue weighted by Crippen LogP contribution is -2.49. The van der Waals surface area contributed by atoms with Gasteiger partial charge in [-0.25, -0.2) is 13.6 Å². The minimum absolute atomic E-state index is 0.0952. The summed E-state index contributed by atoms with van der Waals surface area (Å²) in [6.45, 7) is 0.556. The van der Waals surface area contributed by atoms with Crippen LogP contribution in [0.3, 0.4) is 0 Å². The summed E-state index contributed by atoms with van der Waals surface area (Å²) in [5.41, 5.74) is 0.881. The zero-order valence-electron chi connectivity index (χ0n) is 12.8. The molecular formula is C15H22N2O5S. The zero-order valence-corrected chi connectivity index (χ0v) is 13.6. The van der Waals surface area contributed by atoms with Crippen molar-refractivity contribution in [3.8, 4) is 0 Å². The van der Waals surface area contributed by atoms with E-state index in [9.17, 15) is 18.3 Å². The number of nitrogens with two attached hydrogens (primary N) is 1. The number of rotatable bonds is 6. The minimum atomic E-state index is -3.57. The summed E-state index contributed by atoms with van der Waals surface area (Å²) < 4.78 is 27.5. The van der Waals surface area contributed by atoms with Crippen molar-refractivity contribution < 1.29 is 23.1 Å². The van der Waals surface area contributed by atoms with Crippen molar-refractivity contribution in [1.82, 2.24) is 4.90 Å². The molecule has 128 valence electrons. The number of carbonyl (C=O) groups excluding carboxylic acids is 1. The Morgan fingerprint density at radius 1 is 1.35 bits per heavy atom. The van der Waals surface area contributed by atoms with Gasteiger partial charge in [0.1, 0.15) is 6.10 Å². The molecule has 0 spiro atoms. The summed E-state index contributed by atoms with van der Waals surface area (Å²) in [6.07, 6.45) is -0.216. The van der Waals surface area contributed by atoms with Crippen LogP contribution in [0.2, 0.25) is 0 Å².